The number of anilines is 1. The monoisotopic (exact) mass is 281 g/mol. The molecule has 0 unspecified atom stereocenters. The lowest BCUT2D eigenvalue weighted by molar-refractivity contribution is 0.602. The lowest BCUT2D eigenvalue weighted by atomic mass is 10.3. The third kappa shape index (κ3) is 3.58. The van der Waals surface area contributed by atoms with Crippen LogP contribution in [0.4, 0.5) is 5.69 Å². The Balaban J connectivity index is 1.91. The minimum atomic E-state index is -3.10. The molecule has 0 spiro atoms. The summed E-state index contributed by atoms with van der Waals surface area (Å²) < 4.78 is 22.6. The molecule has 0 fully saturated rings. The molecule has 0 aliphatic rings. The fourth-order valence-electron chi connectivity index (χ4n) is 1.60. The second-order valence-corrected chi connectivity index (χ2v) is 7.10. The number of hydrogen-bond donors (Lipinski definition) is 1. The van der Waals surface area contributed by atoms with Gasteiger partial charge in [0.15, 0.2) is 9.84 Å². The SMILES string of the molecule is CS(=O)(=O)c1ccc(NCCc2cccs2)cc1. The summed E-state index contributed by atoms with van der Waals surface area (Å²) in [6.07, 6.45) is 2.19. The fraction of sp³-hybridized carbons (Fsp3) is 0.231. The van der Waals surface area contributed by atoms with E-state index in [1.165, 1.54) is 11.1 Å². The van der Waals surface area contributed by atoms with Crippen molar-refractivity contribution in [3.8, 4) is 0 Å². The van der Waals surface area contributed by atoms with Crippen molar-refractivity contribution in [2.45, 2.75) is 11.3 Å². The summed E-state index contributed by atoms with van der Waals surface area (Å²) in [5.74, 6) is 0. The highest BCUT2D eigenvalue weighted by atomic mass is 32.2. The lowest BCUT2D eigenvalue weighted by Gasteiger charge is -2.06. The number of rotatable bonds is 5. The van der Waals surface area contributed by atoms with Gasteiger partial charge in [-0.1, -0.05) is 6.07 Å². The zero-order valence-corrected chi connectivity index (χ0v) is 11.7. The zero-order valence-electron chi connectivity index (χ0n) is 10.1. The summed E-state index contributed by atoms with van der Waals surface area (Å²) in [7, 11) is -3.10. The van der Waals surface area contributed by atoms with Crippen LogP contribution in [0.3, 0.4) is 0 Å². The van der Waals surface area contributed by atoms with Crippen LogP contribution in [-0.4, -0.2) is 21.2 Å². The molecule has 0 bridgehead atoms. The van der Waals surface area contributed by atoms with Gasteiger partial charge in [-0.25, -0.2) is 8.42 Å². The molecule has 5 heteroatoms. The Labute approximate surface area is 111 Å². The molecular weight excluding hydrogens is 266 g/mol. The van der Waals surface area contributed by atoms with Gasteiger partial charge >= 0.3 is 0 Å². The van der Waals surface area contributed by atoms with E-state index in [-0.39, 0.29) is 0 Å². The summed E-state index contributed by atoms with van der Waals surface area (Å²) in [5.41, 5.74) is 0.943. The van der Waals surface area contributed by atoms with E-state index in [4.69, 9.17) is 0 Å². The molecule has 0 atom stereocenters. The van der Waals surface area contributed by atoms with E-state index < -0.39 is 9.84 Å². The molecule has 0 saturated heterocycles. The maximum atomic E-state index is 11.3. The molecule has 1 aromatic carbocycles. The molecule has 96 valence electrons. The van der Waals surface area contributed by atoms with Gasteiger partial charge in [0.05, 0.1) is 4.90 Å². The molecule has 0 saturated carbocycles. The van der Waals surface area contributed by atoms with E-state index >= 15 is 0 Å². The first-order valence-corrected chi connectivity index (χ1v) is 8.39. The quantitative estimate of drug-likeness (QED) is 0.916. The Morgan fingerprint density at radius 2 is 1.89 bits per heavy atom. The normalized spacial score (nSPS) is 11.4. The van der Waals surface area contributed by atoms with Crippen LogP contribution in [0.2, 0.25) is 0 Å². The average molecular weight is 281 g/mol. The molecule has 0 radical (unpaired) electrons. The summed E-state index contributed by atoms with van der Waals surface area (Å²) in [6, 6.07) is 11.0. The highest BCUT2D eigenvalue weighted by molar-refractivity contribution is 7.90. The summed E-state index contributed by atoms with van der Waals surface area (Å²) >= 11 is 1.74. The topological polar surface area (TPSA) is 46.2 Å². The molecular formula is C13H15NO2S2. The van der Waals surface area contributed by atoms with E-state index in [1.807, 2.05) is 6.07 Å². The molecule has 0 aliphatic heterocycles. The zero-order chi connectivity index (χ0) is 13.0. The van der Waals surface area contributed by atoms with E-state index in [0.717, 1.165) is 18.7 Å². The van der Waals surface area contributed by atoms with Crippen molar-refractivity contribution in [3.63, 3.8) is 0 Å². The number of nitrogens with one attached hydrogen (secondary N) is 1. The van der Waals surface area contributed by atoms with Crippen molar-refractivity contribution in [2.75, 3.05) is 18.1 Å². The molecule has 18 heavy (non-hydrogen) atoms. The van der Waals surface area contributed by atoms with E-state index in [2.05, 4.69) is 16.8 Å². The van der Waals surface area contributed by atoms with Gasteiger partial charge in [-0.15, -0.1) is 11.3 Å². The highest BCUT2D eigenvalue weighted by Crippen LogP contribution is 2.14. The van der Waals surface area contributed by atoms with Crippen molar-refractivity contribution in [3.05, 3.63) is 46.7 Å². The van der Waals surface area contributed by atoms with Crippen LogP contribution in [0.15, 0.2) is 46.7 Å². The Morgan fingerprint density at radius 1 is 1.17 bits per heavy atom. The van der Waals surface area contributed by atoms with Crippen molar-refractivity contribution < 1.29 is 8.42 Å². The van der Waals surface area contributed by atoms with Crippen LogP contribution in [0.1, 0.15) is 4.88 Å². The number of benzene rings is 1. The van der Waals surface area contributed by atoms with Gasteiger partial charge in [0.25, 0.3) is 0 Å². The second kappa shape index (κ2) is 5.54. The van der Waals surface area contributed by atoms with Gasteiger partial charge in [-0.2, -0.15) is 0 Å². The molecule has 1 heterocycles. The van der Waals surface area contributed by atoms with Crippen molar-refractivity contribution in [2.24, 2.45) is 0 Å². The Morgan fingerprint density at radius 3 is 2.44 bits per heavy atom. The van der Waals surface area contributed by atoms with Gasteiger partial charge < -0.3 is 5.32 Å². The average Bonchev–Trinajstić information content (AvgIpc) is 2.82. The van der Waals surface area contributed by atoms with E-state index in [1.54, 1.807) is 35.6 Å². The van der Waals surface area contributed by atoms with Crippen molar-refractivity contribution >= 4 is 26.9 Å². The van der Waals surface area contributed by atoms with Crippen molar-refractivity contribution in [1.82, 2.24) is 0 Å². The first kappa shape index (κ1) is 13.1. The number of thiophene rings is 1. The molecule has 1 N–H and O–H groups in total. The Bertz CT molecular complexity index is 586. The van der Waals surface area contributed by atoms with Crippen LogP contribution >= 0.6 is 11.3 Å². The van der Waals surface area contributed by atoms with Gasteiger partial charge in [-0.3, -0.25) is 0 Å². The molecule has 1 aromatic heterocycles. The van der Waals surface area contributed by atoms with Crippen LogP contribution < -0.4 is 5.32 Å². The summed E-state index contributed by atoms with van der Waals surface area (Å²) in [4.78, 5) is 1.70. The van der Waals surface area contributed by atoms with Crippen LogP contribution in [-0.2, 0) is 16.3 Å². The maximum Gasteiger partial charge on any atom is 0.175 e. The Hall–Kier alpha value is -1.33. The van der Waals surface area contributed by atoms with Gasteiger partial charge in [0.1, 0.15) is 0 Å². The fourth-order valence-corrected chi connectivity index (χ4v) is 2.94. The smallest absolute Gasteiger partial charge is 0.175 e. The van der Waals surface area contributed by atoms with Crippen LogP contribution in [0.5, 0.6) is 0 Å². The third-order valence-corrected chi connectivity index (χ3v) is 4.63. The maximum absolute atomic E-state index is 11.3. The largest absolute Gasteiger partial charge is 0.385 e. The van der Waals surface area contributed by atoms with Crippen LogP contribution in [0, 0.1) is 0 Å². The van der Waals surface area contributed by atoms with Gasteiger partial charge in [0.2, 0.25) is 0 Å². The Kier molecular flexibility index (Phi) is 4.04. The number of hydrogen-bond acceptors (Lipinski definition) is 4. The summed E-state index contributed by atoms with van der Waals surface area (Å²) in [5, 5.41) is 5.34. The van der Waals surface area contributed by atoms with Gasteiger partial charge in [0, 0.05) is 23.4 Å². The minimum absolute atomic E-state index is 0.353. The molecule has 3 nitrogen and oxygen atoms in total. The molecule has 2 rings (SSSR count). The lowest BCUT2D eigenvalue weighted by Crippen LogP contribution is -2.04. The van der Waals surface area contributed by atoms with Gasteiger partial charge in [-0.05, 0) is 42.1 Å². The van der Waals surface area contributed by atoms with Crippen molar-refractivity contribution in [1.29, 1.82) is 0 Å². The summed E-state index contributed by atoms with van der Waals surface area (Å²) in [6.45, 7) is 0.846. The highest BCUT2D eigenvalue weighted by Gasteiger charge is 2.05. The predicted molar refractivity (Wildman–Crippen MR) is 76.1 cm³/mol. The standard InChI is InChI=1S/C13H15NO2S2/c1-18(15,16)13-6-4-11(5-7-13)14-9-8-12-3-2-10-17-12/h2-7,10,14H,8-9H2,1H3. The molecule has 0 amide bonds. The van der Waals surface area contributed by atoms with E-state index in [9.17, 15) is 8.42 Å². The molecule has 2 aromatic rings. The molecule has 0 aliphatic carbocycles. The van der Waals surface area contributed by atoms with Crippen LogP contribution in [0.25, 0.3) is 0 Å². The first-order chi connectivity index (χ1) is 8.55. The van der Waals surface area contributed by atoms with E-state index in [0.29, 0.717) is 4.90 Å². The second-order valence-electron chi connectivity index (χ2n) is 4.05. The third-order valence-electron chi connectivity index (χ3n) is 2.56. The predicted octanol–water partition coefficient (Wildman–Crippen LogP) is 2.81. The number of sulfone groups is 1. The first-order valence-electron chi connectivity index (χ1n) is 5.62. The minimum Gasteiger partial charge on any atom is -0.385 e.